The quantitative estimate of drug-likeness (QED) is 0.562. The van der Waals surface area contributed by atoms with Crippen LogP contribution in [0.25, 0.3) is 0 Å². The Morgan fingerprint density at radius 2 is 1.89 bits per heavy atom. The monoisotopic (exact) mass is 363 g/mol. The summed E-state index contributed by atoms with van der Waals surface area (Å²) in [6, 6.07) is 12.1. The van der Waals surface area contributed by atoms with Gasteiger partial charge in [-0.1, -0.05) is 6.07 Å². The highest BCUT2D eigenvalue weighted by molar-refractivity contribution is 5.95. The number of likely N-dealkylation sites (tertiary alicyclic amines) is 1. The summed E-state index contributed by atoms with van der Waals surface area (Å²) in [6.45, 7) is 10.8. The number of hydrogen-bond acceptors (Lipinski definition) is 4. The molecular formula is C23H29N3O. The van der Waals surface area contributed by atoms with E-state index in [1.165, 1.54) is 5.69 Å². The van der Waals surface area contributed by atoms with Crippen molar-refractivity contribution in [2.75, 3.05) is 19.6 Å². The number of aromatic nitrogens is 1. The summed E-state index contributed by atoms with van der Waals surface area (Å²) in [6.07, 6.45) is 2.30. The number of carbonyl (C=O) groups excluding carboxylic acids is 1. The Labute approximate surface area is 162 Å². The minimum atomic E-state index is 0.0938. The second kappa shape index (κ2) is 8.57. The molecule has 3 rings (SSSR count). The molecule has 1 aliphatic heterocycles. The standard InChI is InChI=1S/C23H29N3O/c1-16-14-21(19(4)27)8-9-22(16)25-18(3)15-26-12-10-20(11-13-26)23-7-5-6-17(2)24-23/h5-9,14,20H,10-13,15H2,1-4H3. The fraction of sp³-hybridized carbons (Fsp3) is 0.435. The van der Waals surface area contributed by atoms with Crippen LogP contribution in [0.3, 0.4) is 0 Å². The van der Waals surface area contributed by atoms with E-state index in [9.17, 15) is 4.79 Å². The predicted octanol–water partition coefficient (Wildman–Crippen LogP) is 4.87. The smallest absolute Gasteiger partial charge is 0.159 e. The van der Waals surface area contributed by atoms with Crippen molar-refractivity contribution in [1.82, 2.24) is 9.88 Å². The predicted molar refractivity (Wildman–Crippen MR) is 111 cm³/mol. The molecule has 0 atom stereocenters. The van der Waals surface area contributed by atoms with Crippen molar-refractivity contribution in [3.05, 3.63) is 58.9 Å². The topological polar surface area (TPSA) is 45.6 Å². The molecule has 0 unspecified atom stereocenters. The third kappa shape index (κ3) is 5.10. The van der Waals surface area contributed by atoms with Gasteiger partial charge in [0, 0.05) is 35.1 Å². The molecule has 1 fully saturated rings. The number of aryl methyl sites for hydroxylation is 2. The average molecular weight is 364 g/mol. The van der Waals surface area contributed by atoms with E-state index >= 15 is 0 Å². The molecule has 0 spiro atoms. The van der Waals surface area contributed by atoms with Crippen LogP contribution in [0, 0.1) is 13.8 Å². The molecule has 0 amide bonds. The normalized spacial score (nSPS) is 16.5. The summed E-state index contributed by atoms with van der Waals surface area (Å²) >= 11 is 0. The van der Waals surface area contributed by atoms with E-state index in [4.69, 9.17) is 9.98 Å². The van der Waals surface area contributed by atoms with Crippen molar-refractivity contribution >= 4 is 17.2 Å². The van der Waals surface area contributed by atoms with Crippen molar-refractivity contribution in [1.29, 1.82) is 0 Å². The van der Waals surface area contributed by atoms with Gasteiger partial charge in [0.2, 0.25) is 0 Å². The first-order valence-electron chi connectivity index (χ1n) is 9.74. The van der Waals surface area contributed by atoms with E-state index in [0.717, 1.165) is 60.7 Å². The Kier molecular flexibility index (Phi) is 6.17. The molecule has 2 aromatic rings. The minimum absolute atomic E-state index is 0.0938. The fourth-order valence-corrected chi connectivity index (χ4v) is 3.74. The number of piperidine rings is 1. The van der Waals surface area contributed by atoms with Gasteiger partial charge in [-0.15, -0.1) is 0 Å². The summed E-state index contributed by atoms with van der Waals surface area (Å²) in [5.74, 6) is 0.663. The van der Waals surface area contributed by atoms with Crippen LogP contribution in [-0.4, -0.2) is 41.0 Å². The molecular weight excluding hydrogens is 334 g/mol. The van der Waals surface area contributed by atoms with E-state index in [1.54, 1.807) is 6.92 Å². The van der Waals surface area contributed by atoms with Crippen LogP contribution in [0.15, 0.2) is 41.4 Å². The molecule has 27 heavy (non-hydrogen) atoms. The van der Waals surface area contributed by atoms with E-state index in [1.807, 2.05) is 25.1 Å². The second-order valence-electron chi connectivity index (χ2n) is 7.66. The Morgan fingerprint density at radius 1 is 1.15 bits per heavy atom. The highest BCUT2D eigenvalue weighted by atomic mass is 16.1. The molecule has 1 aromatic carbocycles. The Morgan fingerprint density at radius 3 is 2.52 bits per heavy atom. The first kappa shape index (κ1) is 19.4. The van der Waals surface area contributed by atoms with Crippen LogP contribution >= 0.6 is 0 Å². The summed E-state index contributed by atoms with van der Waals surface area (Å²) in [4.78, 5) is 23.5. The van der Waals surface area contributed by atoms with Gasteiger partial charge in [-0.2, -0.15) is 0 Å². The van der Waals surface area contributed by atoms with E-state index in [2.05, 4.69) is 36.9 Å². The first-order valence-corrected chi connectivity index (χ1v) is 9.74. The van der Waals surface area contributed by atoms with Crippen molar-refractivity contribution in [2.24, 2.45) is 4.99 Å². The van der Waals surface area contributed by atoms with Gasteiger partial charge in [-0.25, -0.2) is 0 Å². The zero-order valence-electron chi connectivity index (χ0n) is 16.8. The van der Waals surface area contributed by atoms with Gasteiger partial charge in [0.05, 0.1) is 5.69 Å². The number of hydrogen-bond donors (Lipinski definition) is 0. The van der Waals surface area contributed by atoms with Crippen molar-refractivity contribution < 1.29 is 4.79 Å². The molecule has 1 aliphatic rings. The Bertz CT molecular complexity index is 848. The number of benzene rings is 1. The van der Waals surface area contributed by atoms with Gasteiger partial charge < -0.3 is 0 Å². The number of carbonyl (C=O) groups is 1. The lowest BCUT2D eigenvalue weighted by Gasteiger charge is -2.31. The number of ketones is 1. The fourth-order valence-electron chi connectivity index (χ4n) is 3.74. The van der Waals surface area contributed by atoms with Crippen molar-refractivity contribution in [3.63, 3.8) is 0 Å². The van der Waals surface area contributed by atoms with Gasteiger partial charge in [-0.3, -0.25) is 19.7 Å². The lowest BCUT2D eigenvalue weighted by Crippen LogP contribution is -2.36. The highest BCUT2D eigenvalue weighted by Crippen LogP contribution is 2.27. The SMILES string of the molecule is CC(=O)c1ccc(N=C(C)CN2CCC(c3cccc(C)n3)CC2)c(C)c1. The van der Waals surface area contributed by atoms with Crippen LogP contribution in [0.1, 0.15) is 59.9 Å². The van der Waals surface area contributed by atoms with Crippen LogP contribution < -0.4 is 0 Å². The number of nitrogens with zero attached hydrogens (tertiary/aromatic N) is 3. The van der Waals surface area contributed by atoms with Gasteiger partial charge in [0.25, 0.3) is 0 Å². The summed E-state index contributed by atoms with van der Waals surface area (Å²) < 4.78 is 0. The molecule has 4 nitrogen and oxygen atoms in total. The van der Waals surface area contributed by atoms with Crippen LogP contribution in [0.2, 0.25) is 0 Å². The average Bonchev–Trinajstić information content (AvgIpc) is 2.64. The summed E-state index contributed by atoms with van der Waals surface area (Å²) in [5, 5.41) is 0. The van der Waals surface area contributed by atoms with E-state index < -0.39 is 0 Å². The van der Waals surface area contributed by atoms with Crippen LogP contribution in [0.5, 0.6) is 0 Å². The lowest BCUT2D eigenvalue weighted by atomic mass is 9.93. The molecule has 0 radical (unpaired) electrons. The first-order chi connectivity index (χ1) is 12.9. The van der Waals surface area contributed by atoms with Crippen molar-refractivity contribution in [3.8, 4) is 0 Å². The maximum absolute atomic E-state index is 11.5. The molecule has 1 saturated heterocycles. The molecule has 0 bridgehead atoms. The largest absolute Gasteiger partial charge is 0.298 e. The maximum Gasteiger partial charge on any atom is 0.159 e. The van der Waals surface area contributed by atoms with Gasteiger partial charge in [0.1, 0.15) is 0 Å². The molecule has 4 heteroatoms. The van der Waals surface area contributed by atoms with Crippen LogP contribution in [0.4, 0.5) is 5.69 Å². The zero-order chi connectivity index (χ0) is 19.4. The summed E-state index contributed by atoms with van der Waals surface area (Å²) in [5.41, 5.74) is 6.20. The van der Waals surface area contributed by atoms with Gasteiger partial charge in [0.15, 0.2) is 5.78 Å². The number of aliphatic imine (C=N–C) groups is 1. The van der Waals surface area contributed by atoms with Gasteiger partial charge in [-0.05, 0) is 89.5 Å². The highest BCUT2D eigenvalue weighted by Gasteiger charge is 2.21. The second-order valence-corrected chi connectivity index (χ2v) is 7.66. The minimum Gasteiger partial charge on any atom is -0.298 e. The molecule has 2 heterocycles. The maximum atomic E-state index is 11.5. The van der Waals surface area contributed by atoms with Crippen LogP contribution in [-0.2, 0) is 0 Å². The molecule has 1 aromatic heterocycles. The van der Waals surface area contributed by atoms with Crippen molar-refractivity contribution in [2.45, 2.75) is 46.5 Å². The van der Waals surface area contributed by atoms with E-state index in [-0.39, 0.29) is 5.78 Å². The number of pyridine rings is 1. The number of Topliss-reactive ketones (excluding diaryl/α,β-unsaturated/α-hetero) is 1. The zero-order valence-corrected chi connectivity index (χ0v) is 16.8. The van der Waals surface area contributed by atoms with E-state index in [0.29, 0.717) is 5.92 Å². The third-order valence-corrected chi connectivity index (χ3v) is 5.28. The lowest BCUT2D eigenvalue weighted by molar-refractivity contribution is 0.101. The Hall–Kier alpha value is -2.33. The summed E-state index contributed by atoms with van der Waals surface area (Å²) in [7, 11) is 0. The van der Waals surface area contributed by atoms with Gasteiger partial charge >= 0.3 is 0 Å². The number of rotatable bonds is 5. The molecule has 0 N–H and O–H groups in total. The molecule has 142 valence electrons. The molecule has 0 aliphatic carbocycles. The Balaban J connectivity index is 1.58. The third-order valence-electron chi connectivity index (χ3n) is 5.28. The molecule has 0 saturated carbocycles.